The Bertz CT molecular complexity index is 1670. The highest BCUT2D eigenvalue weighted by Crippen LogP contribution is 2.50. The van der Waals surface area contributed by atoms with E-state index in [1.54, 1.807) is 21.3 Å². The van der Waals surface area contributed by atoms with Crippen LogP contribution in [0.4, 0.5) is 0 Å². The Morgan fingerprint density at radius 1 is 0.933 bits per heavy atom. The standard InChI is InChI=1S/C37H40N2O6/c1-39-16-14-26-20-31(42-3)36(43-4)37-33(26)29(39)18-23-5-7-24(8-6-23)21-44-35-30(41-2)19-25-13-15-38-28(32(25)34(35)40)17-22-9-11-27(45-37)12-10-22/h5-12,19-20,25,29,32,40H,13-18,21H2,1-4H3/t25-,29+,32+/m0/s1. The Morgan fingerprint density at radius 3 is 2.42 bits per heavy atom. The molecule has 10 rings (SSSR count). The van der Waals surface area contributed by atoms with E-state index in [2.05, 4.69) is 60.5 Å². The summed E-state index contributed by atoms with van der Waals surface area (Å²) in [6.45, 7) is 1.94. The van der Waals surface area contributed by atoms with Gasteiger partial charge in [0.15, 0.2) is 23.0 Å². The lowest BCUT2D eigenvalue weighted by molar-refractivity contribution is 0.131. The third-order valence-corrected chi connectivity index (χ3v) is 9.61. The molecular formula is C37H40N2O6. The fourth-order valence-electron chi connectivity index (χ4n) is 7.20. The highest BCUT2D eigenvalue weighted by atomic mass is 16.5. The molecule has 7 aliphatic rings. The van der Waals surface area contributed by atoms with Crippen molar-refractivity contribution in [1.82, 2.24) is 4.90 Å². The van der Waals surface area contributed by atoms with E-state index in [0.29, 0.717) is 54.1 Å². The van der Waals surface area contributed by atoms with E-state index in [1.165, 1.54) is 11.1 Å². The summed E-state index contributed by atoms with van der Waals surface area (Å²) < 4.78 is 30.4. The van der Waals surface area contributed by atoms with Crippen molar-refractivity contribution in [1.29, 1.82) is 0 Å². The van der Waals surface area contributed by atoms with Crippen LogP contribution in [0, 0.1) is 11.8 Å². The van der Waals surface area contributed by atoms with Crippen molar-refractivity contribution >= 4 is 5.71 Å². The zero-order valence-electron chi connectivity index (χ0n) is 26.3. The Labute approximate surface area is 264 Å². The summed E-state index contributed by atoms with van der Waals surface area (Å²) in [6.07, 6.45) is 5.23. The van der Waals surface area contributed by atoms with Crippen LogP contribution in [0.1, 0.15) is 40.3 Å². The van der Waals surface area contributed by atoms with Crippen molar-refractivity contribution in [3.8, 4) is 23.0 Å². The Morgan fingerprint density at radius 2 is 1.69 bits per heavy atom. The van der Waals surface area contributed by atoms with Crippen LogP contribution in [-0.4, -0.2) is 57.2 Å². The molecule has 8 heteroatoms. The number of allylic oxidation sites excluding steroid dienone is 2. The SMILES string of the molecule is COC1=C[C@@H]2CCN=C3Cc4ccc(cc4)Oc4c(OC)c(OC)cc5c4[C@@H](Cc4ccc(cc4)COC1=C(O)[C@@H]32)N(C)CC5. The van der Waals surface area contributed by atoms with Gasteiger partial charge < -0.3 is 28.8 Å². The van der Waals surface area contributed by atoms with Crippen LogP contribution in [0.2, 0.25) is 0 Å². The number of hydrogen-bond acceptors (Lipinski definition) is 8. The summed E-state index contributed by atoms with van der Waals surface area (Å²) in [6, 6.07) is 18.8. The minimum Gasteiger partial charge on any atom is -0.508 e. The minimum absolute atomic E-state index is 0.0726. The van der Waals surface area contributed by atoms with E-state index in [4.69, 9.17) is 28.7 Å². The predicted octanol–water partition coefficient (Wildman–Crippen LogP) is 6.73. The quantitative estimate of drug-likeness (QED) is 0.353. The van der Waals surface area contributed by atoms with Crippen LogP contribution in [0.3, 0.4) is 0 Å². The molecule has 8 nitrogen and oxygen atoms in total. The second-order valence-corrected chi connectivity index (χ2v) is 12.2. The topological polar surface area (TPSA) is 82.0 Å². The summed E-state index contributed by atoms with van der Waals surface area (Å²) >= 11 is 0. The first-order valence-corrected chi connectivity index (χ1v) is 15.6. The third kappa shape index (κ3) is 5.41. The molecule has 3 aromatic rings. The van der Waals surface area contributed by atoms with Crippen molar-refractivity contribution in [3.05, 3.63) is 106 Å². The second kappa shape index (κ2) is 12.2. The molecule has 1 N–H and O–H groups in total. The summed E-state index contributed by atoms with van der Waals surface area (Å²) in [4.78, 5) is 7.28. The molecule has 0 aromatic heterocycles. The number of benzene rings is 3. The maximum atomic E-state index is 11.6. The van der Waals surface area contributed by atoms with E-state index in [-0.39, 0.29) is 23.6 Å². The van der Waals surface area contributed by atoms with Gasteiger partial charge in [-0.2, -0.15) is 0 Å². The highest BCUT2D eigenvalue weighted by Gasteiger charge is 2.39. The molecule has 0 saturated heterocycles. The molecule has 3 aromatic carbocycles. The predicted molar refractivity (Wildman–Crippen MR) is 172 cm³/mol. The fraction of sp³-hybridized carbons (Fsp3) is 0.378. The van der Waals surface area contributed by atoms with E-state index in [1.807, 2.05) is 12.1 Å². The van der Waals surface area contributed by atoms with Crippen molar-refractivity contribution in [2.45, 2.75) is 38.3 Å². The summed E-state index contributed by atoms with van der Waals surface area (Å²) in [5.41, 5.74) is 6.58. The van der Waals surface area contributed by atoms with Gasteiger partial charge in [-0.3, -0.25) is 9.89 Å². The molecule has 0 unspecified atom stereocenters. The molecule has 0 fully saturated rings. The molecule has 3 atom stereocenters. The first-order valence-electron chi connectivity index (χ1n) is 15.6. The van der Waals surface area contributed by atoms with Crippen LogP contribution in [-0.2, 0) is 35.3 Å². The zero-order chi connectivity index (χ0) is 31.1. The molecule has 234 valence electrons. The van der Waals surface area contributed by atoms with Crippen molar-refractivity contribution < 1.29 is 28.8 Å². The maximum absolute atomic E-state index is 11.6. The largest absolute Gasteiger partial charge is 0.508 e. The molecule has 6 bridgehead atoms. The van der Waals surface area contributed by atoms with Gasteiger partial charge in [-0.05, 0) is 78.8 Å². The zero-order valence-corrected chi connectivity index (χ0v) is 26.3. The van der Waals surface area contributed by atoms with Crippen molar-refractivity contribution in [3.63, 3.8) is 0 Å². The second-order valence-electron chi connectivity index (χ2n) is 12.2. The van der Waals surface area contributed by atoms with E-state index in [9.17, 15) is 5.11 Å². The van der Waals surface area contributed by atoms with Gasteiger partial charge in [-0.1, -0.05) is 36.4 Å². The number of rotatable bonds is 3. The van der Waals surface area contributed by atoms with Crippen molar-refractivity contribution in [2.24, 2.45) is 16.8 Å². The lowest BCUT2D eigenvalue weighted by Crippen LogP contribution is -2.34. The van der Waals surface area contributed by atoms with Crippen LogP contribution < -0.4 is 14.2 Å². The first kappa shape index (κ1) is 29.3. The number of aliphatic imine (C=N–C) groups is 1. The molecule has 6 heterocycles. The average molecular weight is 609 g/mol. The van der Waals surface area contributed by atoms with Crippen LogP contribution in [0.15, 0.2) is 82.9 Å². The van der Waals surface area contributed by atoms with E-state index >= 15 is 0 Å². The van der Waals surface area contributed by atoms with Crippen molar-refractivity contribution in [2.75, 3.05) is 41.5 Å². The van der Waals surface area contributed by atoms with Gasteiger partial charge in [-0.25, -0.2) is 0 Å². The maximum Gasteiger partial charge on any atom is 0.204 e. The van der Waals surface area contributed by atoms with Crippen LogP contribution in [0.25, 0.3) is 0 Å². The third-order valence-electron chi connectivity index (χ3n) is 9.61. The number of aliphatic hydroxyl groups excluding tert-OH is 1. The van der Waals surface area contributed by atoms with Gasteiger partial charge in [0.25, 0.3) is 0 Å². The molecule has 0 saturated carbocycles. The van der Waals surface area contributed by atoms with Gasteiger partial charge in [0.1, 0.15) is 18.1 Å². The summed E-state index contributed by atoms with van der Waals surface area (Å²) in [5.74, 6) is 3.68. The number of methoxy groups -OCH3 is 3. The normalized spacial score (nSPS) is 22.8. The molecule has 1 aliphatic carbocycles. The molecular weight excluding hydrogens is 568 g/mol. The molecule has 45 heavy (non-hydrogen) atoms. The Balaban J connectivity index is 1.34. The lowest BCUT2D eigenvalue weighted by Gasteiger charge is -2.37. The van der Waals surface area contributed by atoms with Gasteiger partial charge in [-0.15, -0.1) is 0 Å². The molecule has 0 radical (unpaired) electrons. The highest BCUT2D eigenvalue weighted by molar-refractivity contribution is 5.92. The number of ether oxygens (including phenoxy) is 5. The van der Waals surface area contributed by atoms with E-state index in [0.717, 1.165) is 48.2 Å². The minimum atomic E-state index is -0.252. The Kier molecular flexibility index (Phi) is 7.92. The van der Waals surface area contributed by atoms with E-state index < -0.39 is 0 Å². The van der Waals surface area contributed by atoms with Crippen LogP contribution in [0.5, 0.6) is 23.0 Å². The number of hydrogen-bond donors (Lipinski definition) is 1. The summed E-state index contributed by atoms with van der Waals surface area (Å²) in [5, 5.41) is 11.6. The number of aliphatic hydroxyl groups is 1. The molecule has 0 amide bonds. The first-order chi connectivity index (χ1) is 22.0. The summed E-state index contributed by atoms with van der Waals surface area (Å²) in [7, 11) is 7.12. The molecule has 6 aliphatic heterocycles. The number of nitrogens with zero attached hydrogens (tertiary/aromatic N) is 2. The monoisotopic (exact) mass is 608 g/mol. The Hall–Kier alpha value is -4.43. The van der Waals surface area contributed by atoms with Gasteiger partial charge in [0, 0.05) is 36.8 Å². The fourth-order valence-corrected chi connectivity index (χ4v) is 7.20. The smallest absolute Gasteiger partial charge is 0.204 e. The lowest BCUT2D eigenvalue weighted by atomic mass is 9.77. The number of likely N-dealkylation sites (N-methyl/N-ethyl adjacent to an activating group) is 1. The van der Waals surface area contributed by atoms with Gasteiger partial charge in [0.2, 0.25) is 5.75 Å². The van der Waals surface area contributed by atoms with Gasteiger partial charge in [0.05, 0.1) is 27.2 Å². The average Bonchev–Trinajstić information content (AvgIpc) is 3.06. The van der Waals surface area contributed by atoms with Gasteiger partial charge >= 0.3 is 0 Å². The molecule has 0 spiro atoms. The van der Waals surface area contributed by atoms with Crippen LogP contribution >= 0.6 is 0 Å².